The lowest BCUT2D eigenvalue weighted by Gasteiger charge is -2.19. The average molecular weight is 290 g/mol. The Hall–Kier alpha value is -0.580. The first-order chi connectivity index (χ1) is 8.72. The van der Waals surface area contributed by atoms with Gasteiger partial charge >= 0.3 is 0 Å². The summed E-state index contributed by atoms with van der Waals surface area (Å²) in [6.45, 7) is 6.46. The van der Waals surface area contributed by atoms with Crippen LogP contribution >= 0.6 is 22.9 Å². The summed E-state index contributed by atoms with van der Waals surface area (Å²) in [5.74, 6) is 0.585. The summed E-state index contributed by atoms with van der Waals surface area (Å²) in [6.07, 6.45) is 0.975. The van der Waals surface area contributed by atoms with E-state index in [2.05, 4.69) is 6.92 Å². The van der Waals surface area contributed by atoms with E-state index in [0.29, 0.717) is 32.2 Å². The van der Waals surface area contributed by atoms with E-state index in [4.69, 9.17) is 16.3 Å². The standard InChI is InChI=1S/C13H20ClNO2S/c1-3-11-5-6-12(18-11)13(16)15(4-2)8-10-17-9-7-14/h5-6H,3-4,7-10H2,1-2H3. The van der Waals surface area contributed by atoms with Crippen molar-refractivity contribution in [2.75, 3.05) is 32.2 Å². The molecule has 0 bridgehead atoms. The van der Waals surface area contributed by atoms with E-state index in [9.17, 15) is 4.79 Å². The molecule has 18 heavy (non-hydrogen) atoms. The van der Waals surface area contributed by atoms with Gasteiger partial charge in [0.25, 0.3) is 5.91 Å². The van der Waals surface area contributed by atoms with Gasteiger partial charge in [0.05, 0.1) is 18.1 Å². The van der Waals surface area contributed by atoms with Gasteiger partial charge in [-0.05, 0) is 25.5 Å². The maximum Gasteiger partial charge on any atom is 0.263 e. The van der Waals surface area contributed by atoms with Gasteiger partial charge < -0.3 is 9.64 Å². The van der Waals surface area contributed by atoms with Crippen LogP contribution in [0.5, 0.6) is 0 Å². The van der Waals surface area contributed by atoms with E-state index >= 15 is 0 Å². The van der Waals surface area contributed by atoms with E-state index in [1.807, 2.05) is 19.1 Å². The van der Waals surface area contributed by atoms with E-state index in [0.717, 1.165) is 11.3 Å². The van der Waals surface area contributed by atoms with E-state index in [-0.39, 0.29) is 5.91 Å². The molecule has 1 amide bonds. The van der Waals surface area contributed by atoms with Crippen LogP contribution in [0.4, 0.5) is 0 Å². The topological polar surface area (TPSA) is 29.5 Å². The van der Waals surface area contributed by atoms with E-state index < -0.39 is 0 Å². The normalized spacial score (nSPS) is 10.6. The second-order valence-corrected chi connectivity index (χ2v) is 5.35. The average Bonchev–Trinajstić information content (AvgIpc) is 2.87. The minimum Gasteiger partial charge on any atom is -0.378 e. The van der Waals surface area contributed by atoms with Crippen molar-refractivity contribution in [1.29, 1.82) is 0 Å². The highest BCUT2D eigenvalue weighted by Gasteiger charge is 2.15. The van der Waals surface area contributed by atoms with Gasteiger partial charge in [-0.2, -0.15) is 0 Å². The third-order valence-corrected chi connectivity index (χ3v) is 3.99. The number of halogens is 1. The first-order valence-corrected chi connectivity index (χ1v) is 7.59. The molecule has 1 heterocycles. The Bertz CT molecular complexity index is 368. The highest BCUT2D eigenvalue weighted by Crippen LogP contribution is 2.18. The predicted molar refractivity (Wildman–Crippen MR) is 76.8 cm³/mol. The minimum atomic E-state index is 0.0941. The number of hydrogen-bond donors (Lipinski definition) is 0. The van der Waals surface area contributed by atoms with Crippen LogP contribution < -0.4 is 0 Å². The summed E-state index contributed by atoms with van der Waals surface area (Å²) >= 11 is 7.10. The Morgan fingerprint density at radius 1 is 1.39 bits per heavy atom. The molecule has 0 atom stereocenters. The van der Waals surface area contributed by atoms with Crippen molar-refractivity contribution in [3.05, 3.63) is 21.9 Å². The summed E-state index contributed by atoms with van der Waals surface area (Å²) in [5, 5.41) is 0. The third-order valence-electron chi connectivity index (χ3n) is 2.62. The van der Waals surface area contributed by atoms with Crippen molar-refractivity contribution in [2.24, 2.45) is 0 Å². The first kappa shape index (κ1) is 15.5. The molecular weight excluding hydrogens is 270 g/mol. The van der Waals surface area contributed by atoms with Crippen molar-refractivity contribution in [3.63, 3.8) is 0 Å². The van der Waals surface area contributed by atoms with Crippen molar-refractivity contribution in [3.8, 4) is 0 Å². The van der Waals surface area contributed by atoms with E-state index in [1.54, 1.807) is 16.2 Å². The van der Waals surface area contributed by atoms with Crippen LogP contribution in [0.2, 0.25) is 0 Å². The van der Waals surface area contributed by atoms with Gasteiger partial charge in [-0.25, -0.2) is 0 Å². The molecule has 0 aliphatic carbocycles. The molecule has 1 rings (SSSR count). The summed E-state index contributed by atoms with van der Waals surface area (Å²) in [7, 11) is 0. The minimum absolute atomic E-state index is 0.0941. The summed E-state index contributed by atoms with van der Waals surface area (Å²) in [6, 6.07) is 3.93. The molecule has 1 aromatic rings. The summed E-state index contributed by atoms with van der Waals surface area (Å²) < 4.78 is 5.31. The fourth-order valence-corrected chi connectivity index (χ4v) is 2.60. The quantitative estimate of drug-likeness (QED) is 0.544. The lowest BCUT2D eigenvalue weighted by Crippen LogP contribution is -2.33. The van der Waals surface area contributed by atoms with E-state index in [1.165, 1.54) is 4.88 Å². The first-order valence-electron chi connectivity index (χ1n) is 6.24. The molecule has 0 saturated carbocycles. The van der Waals surface area contributed by atoms with Crippen LogP contribution in [0.1, 0.15) is 28.4 Å². The molecule has 0 unspecified atom stereocenters. The molecule has 1 aromatic heterocycles. The molecule has 0 saturated heterocycles. The van der Waals surface area contributed by atoms with Gasteiger partial charge in [0.2, 0.25) is 0 Å². The van der Waals surface area contributed by atoms with Crippen molar-refractivity contribution >= 4 is 28.8 Å². The molecule has 0 fully saturated rings. The highest BCUT2D eigenvalue weighted by atomic mass is 35.5. The Balaban J connectivity index is 2.50. The number of thiophene rings is 1. The molecule has 3 nitrogen and oxygen atoms in total. The monoisotopic (exact) mass is 289 g/mol. The highest BCUT2D eigenvalue weighted by molar-refractivity contribution is 7.14. The molecule has 5 heteroatoms. The van der Waals surface area contributed by atoms with Gasteiger partial charge in [-0.1, -0.05) is 6.92 Å². The molecule has 0 N–H and O–H groups in total. The van der Waals surface area contributed by atoms with Gasteiger partial charge in [0.1, 0.15) is 0 Å². The number of rotatable bonds is 8. The van der Waals surface area contributed by atoms with Crippen LogP contribution in [0.25, 0.3) is 0 Å². The lowest BCUT2D eigenvalue weighted by molar-refractivity contribution is 0.0676. The predicted octanol–water partition coefficient (Wildman–Crippen LogP) is 3.03. The number of carbonyl (C=O) groups is 1. The lowest BCUT2D eigenvalue weighted by atomic mass is 10.3. The zero-order valence-corrected chi connectivity index (χ0v) is 12.5. The number of carbonyl (C=O) groups excluding carboxylic acids is 1. The maximum atomic E-state index is 12.2. The third kappa shape index (κ3) is 4.59. The molecular formula is C13H20ClNO2S. The molecule has 0 aliphatic rings. The molecule has 0 spiro atoms. The number of hydrogen-bond acceptors (Lipinski definition) is 3. The van der Waals surface area contributed by atoms with Crippen LogP contribution in [-0.2, 0) is 11.2 Å². The number of ether oxygens (including phenoxy) is 1. The van der Waals surface area contributed by atoms with Gasteiger partial charge in [-0.3, -0.25) is 4.79 Å². The van der Waals surface area contributed by atoms with Gasteiger partial charge in [-0.15, -0.1) is 22.9 Å². The maximum absolute atomic E-state index is 12.2. The molecule has 0 aliphatic heterocycles. The molecule has 0 aromatic carbocycles. The zero-order valence-electron chi connectivity index (χ0n) is 10.9. The van der Waals surface area contributed by atoms with Gasteiger partial charge in [0, 0.05) is 23.8 Å². The SMILES string of the molecule is CCc1ccc(C(=O)N(CC)CCOCCCl)s1. The van der Waals surface area contributed by atoms with Crippen LogP contribution in [0.15, 0.2) is 12.1 Å². The number of amides is 1. The second kappa shape index (κ2) is 8.51. The Labute approximate surface area is 118 Å². The van der Waals surface area contributed by atoms with Crippen LogP contribution in [0, 0.1) is 0 Å². The number of likely N-dealkylation sites (N-methyl/N-ethyl adjacent to an activating group) is 1. The smallest absolute Gasteiger partial charge is 0.263 e. The summed E-state index contributed by atoms with van der Waals surface area (Å²) in [5.41, 5.74) is 0. The Kier molecular flexibility index (Phi) is 7.32. The van der Waals surface area contributed by atoms with Crippen molar-refractivity contribution < 1.29 is 9.53 Å². The summed E-state index contributed by atoms with van der Waals surface area (Å²) in [4.78, 5) is 16.1. The van der Waals surface area contributed by atoms with Crippen LogP contribution in [-0.4, -0.2) is 43.0 Å². The van der Waals surface area contributed by atoms with Crippen LogP contribution in [0.3, 0.4) is 0 Å². The second-order valence-electron chi connectivity index (χ2n) is 3.81. The fourth-order valence-electron chi connectivity index (χ4n) is 1.57. The molecule has 102 valence electrons. The Morgan fingerprint density at radius 2 is 2.17 bits per heavy atom. The Morgan fingerprint density at radius 3 is 2.72 bits per heavy atom. The van der Waals surface area contributed by atoms with Crippen molar-refractivity contribution in [1.82, 2.24) is 4.90 Å². The largest absolute Gasteiger partial charge is 0.378 e. The van der Waals surface area contributed by atoms with Crippen molar-refractivity contribution in [2.45, 2.75) is 20.3 Å². The fraction of sp³-hybridized carbons (Fsp3) is 0.615. The number of aryl methyl sites for hydroxylation is 1. The number of alkyl halides is 1. The number of nitrogens with zero attached hydrogens (tertiary/aromatic N) is 1. The van der Waals surface area contributed by atoms with Gasteiger partial charge in [0.15, 0.2) is 0 Å². The zero-order chi connectivity index (χ0) is 13.4. The molecule has 0 radical (unpaired) electrons.